The van der Waals surface area contributed by atoms with Crippen LogP contribution in [0.1, 0.15) is 56.9 Å². The third kappa shape index (κ3) is 3.34. The number of rotatable bonds is 2. The molecule has 1 aromatic rings. The molecule has 0 spiro atoms. The molecule has 0 radical (unpaired) electrons. The Morgan fingerprint density at radius 2 is 1.67 bits per heavy atom. The zero-order chi connectivity index (χ0) is 16.4. The van der Waals surface area contributed by atoms with Gasteiger partial charge in [-0.25, -0.2) is 9.28 Å². The van der Waals surface area contributed by atoms with E-state index < -0.39 is 18.4 Å². The van der Waals surface area contributed by atoms with Gasteiger partial charge in [0.05, 0.1) is 0 Å². The Morgan fingerprint density at radius 1 is 0.875 bits per heavy atom. The van der Waals surface area contributed by atoms with Gasteiger partial charge in [-0.05, 0) is 31.4 Å². The van der Waals surface area contributed by atoms with Crippen LogP contribution in [0.2, 0.25) is 0 Å². The van der Waals surface area contributed by atoms with E-state index in [0.717, 1.165) is 44.1 Å². The van der Waals surface area contributed by atoms with Crippen molar-refractivity contribution < 1.29 is 28.7 Å². The van der Waals surface area contributed by atoms with Crippen LogP contribution in [-0.2, 0) is 30.1 Å². The number of hydrogen-bond donors (Lipinski definition) is 0. The van der Waals surface area contributed by atoms with E-state index in [1.54, 1.807) is 12.1 Å². The summed E-state index contributed by atoms with van der Waals surface area (Å²) in [7, 11) is 0. The van der Waals surface area contributed by atoms with Crippen molar-refractivity contribution in [3.63, 3.8) is 0 Å². The third-order valence-electron chi connectivity index (χ3n) is 5.12. The maximum Gasteiger partial charge on any atom is 0.230 e. The first-order valence-corrected chi connectivity index (χ1v) is 8.86. The van der Waals surface area contributed by atoms with Gasteiger partial charge in [0.1, 0.15) is 5.82 Å². The number of fused-ring (bicyclic) bond motifs is 2. The molecule has 1 saturated carbocycles. The second-order valence-corrected chi connectivity index (χ2v) is 6.84. The molecular weight excluding hydrogens is 315 g/mol. The van der Waals surface area contributed by atoms with Crippen molar-refractivity contribution in [2.45, 2.75) is 69.7 Å². The third-order valence-corrected chi connectivity index (χ3v) is 5.12. The Balaban J connectivity index is 1.55. The van der Waals surface area contributed by atoms with Crippen LogP contribution in [0.15, 0.2) is 24.3 Å². The van der Waals surface area contributed by atoms with Gasteiger partial charge >= 0.3 is 0 Å². The van der Waals surface area contributed by atoms with Gasteiger partial charge in [0.15, 0.2) is 6.29 Å². The van der Waals surface area contributed by atoms with E-state index in [9.17, 15) is 4.39 Å². The summed E-state index contributed by atoms with van der Waals surface area (Å²) in [6.45, 7) is 0. The minimum absolute atomic E-state index is 0.253. The first-order chi connectivity index (χ1) is 11.8. The minimum Gasteiger partial charge on any atom is -0.311 e. The highest BCUT2D eigenvalue weighted by atomic mass is 19.1. The molecule has 0 amide bonds. The SMILES string of the molecule is Fc1ccc(C23CCCC(OOC(C4CCCCC4)OO2)O3)cc1. The summed E-state index contributed by atoms with van der Waals surface area (Å²) >= 11 is 0. The molecule has 132 valence electrons. The zero-order valence-corrected chi connectivity index (χ0v) is 13.6. The smallest absolute Gasteiger partial charge is 0.230 e. The van der Waals surface area contributed by atoms with Crippen LogP contribution in [0.5, 0.6) is 0 Å². The van der Waals surface area contributed by atoms with E-state index in [4.69, 9.17) is 24.3 Å². The fourth-order valence-electron chi connectivity index (χ4n) is 3.75. The van der Waals surface area contributed by atoms with Crippen molar-refractivity contribution in [1.82, 2.24) is 0 Å². The van der Waals surface area contributed by atoms with Crippen LogP contribution in [-0.4, -0.2) is 12.6 Å². The lowest BCUT2D eigenvalue weighted by molar-refractivity contribution is -0.595. The number of hydrogen-bond acceptors (Lipinski definition) is 5. The first kappa shape index (κ1) is 16.4. The van der Waals surface area contributed by atoms with Crippen molar-refractivity contribution in [2.24, 2.45) is 5.92 Å². The molecule has 0 aromatic heterocycles. The van der Waals surface area contributed by atoms with Gasteiger partial charge in [0.2, 0.25) is 12.1 Å². The van der Waals surface area contributed by atoms with Gasteiger partial charge in [-0.2, -0.15) is 14.7 Å². The minimum atomic E-state index is -1.08. The summed E-state index contributed by atoms with van der Waals surface area (Å²) in [6.07, 6.45) is 6.75. The highest BCUT2D eigenvalue weighted by molar-refractivity contribution is 5.21. The van der Waals surface area contributed by atoms with E-state index in [0.29, 0.717) is 6.42 Å². The lowest BCUT2D eigenvalue weighted by atomic mass is 9.89. The quantitative estimate of drug-likeness (QED) is 0.752. The molecule has 2 bridgehead atoms. The fourth-order valence-corrected chi connectivity index (χ4v) is 3.75. The van der Waals surface area contributed by atoms with E-state index in [1.807, 2.05) is 0 Å². The molecule has 4 rings (SSSR count). The van der Waals surface area contributed by atoms with Crippen LogP contribution in [0.4, 0.5) is 4.39 Å². The summed E-state index contributed by atoms with van der Waals surface area (Å²) in [5.41, 5.74) is 0.724. The molecule has 6 heteroatoms. The molecule has 3 aliphatic rings. The Hall–Kier alpha value is -1.05. The lowest BCUT2D eigenvalue weighted by Gasteiger charge is -2.42. The molecule has 2 aliphatic heterocycles. The van der Waals surface area contributed by atoms with E-state index in [1.165, 1.54) is 18.6 Å². The average molecular weight is 338 g/mol. The molecule has 3 unspecified atom stereocenters. The highest BCUT2D eigenvalue weighted by Crippen LogP contribution is 2.42. The molecule has 1 aliphatic carbocycles. The molecular formula is C18H23FO5. The van der Waals surface area contributed by atoms with Crippen molar-refractivity contribution in [2.75, 3.05) is 0 Å². The summed E-state index contributed by atoms with van der Waals surface area (Å²) in [5.74, 6) is -1.12. The lowest BCUT2D eigenvalue weighted by Crippen LogP contribution is -2.46. The fraction of sp³-hybridized carbons (Fsp3) is 0.667. The van der Waals surface area contributed by atoms with Crippen LogP contribution in [0.25, 0.3) is 0 Å². The van der Waals surface area contributed by atoms with Crippen molar-refractivity contribution in [1.29, 1.82) is 0 Å². The summed E-state index contributed by atoms with van der Waals surface area (Å²) < 4.78 is 19.2. The molecule has 2 saturated heterocycles. The predicted octanol–water partition coefficient (Wildman–Crippen LogP) is 4.32. The Morgan fingerprint density at radius 3 is 2.46 bits per heavy atom. The molecule has 2 heterocycles. The zero-order valence-electron chi connectivity index (χ0n) is 13.6. The van der Waals surface area contributed by atoms with Crippen molar-refractivity contribution in [3.8, 4) is 0 Å². The van der Waals surface area contributed by atoms with Crippen LogP contribution >= 0.6 is 0 Å². The molecule has 3 fully saturated rings. The van der Waals surface area contributed by atoms with Crippen molar-refractivity contribution >= 4 is 0 Å². The molecule has 0 N–H and O–H groups in total. The van der Waals surface area contributed by atoms with Gasteiger partial charge in [-0.3, -0.25) is 0 Å². The number of halogens is 1. The van der Waals surface area contributed by atoms with Crippen LogP contribution in [0.3, 0.4) is 0 Å². The number of benzene rings is 1. The summed E-state index contributed by atoms with van der Waals surface area (Å²) in [6, 6.07) is 6.13. The Labute approximate surface area is 140 Å². The highest BCUT2D eigenvalue weighted by Gasteiger charge is 2.46. The van der Waals surface area contributed by atoms with Crippen LogP contribution in [0, 0.1) is 11.7 Å². The van der Waals surface area contributed by atoms with Gasteiger partial charge in [0.25, 0.3) is 0 Å². The van der Waals surface area contributed by atoms with Gasteiger partial charge in [-0.15, -0.1) is 0 Å². The maximum atomic E-state index is 13.3. The van der Waals surface area contributed by atoms with Gasteiger partial charge in [-0.1, -0.05) is 31.4 Å². The Kier molecular flexibility index (Phi) is 4.83. The van der Waals surface area contributed by atoms with Crippen LogP contribution < -0.4 is 0 Å². The van der Waals surface area contributed by atoms with Gasteiger partial charge in [0, 0.05) is 24.3 Å². The first-order valence-electron chi connectivity index (χ1n) is 8.86. The average Bonchev–Trinajstić information content (AvgIpc) is 2.62. The standard InChI is InChI=1S/C18H23FO5/c19-15-10-8-14(9-11-15)18-12-4-7-16(20-18)21-22-17(23-24-18)13-5-2-1-3-6-13/h8-11,13,16-17H,1-7,12H2. The summed E-state index contributed by atoms with van der Waals surface area (Å²) in [4.78, 5) is 22.4. The van der Waals surface area contributed by atoms with Crippen molar-refractivity contribution in [3.05, 3.63) is 35.6 Å². The molecule has 1 aromatic carbocycles. The monoisotopic (exact) mass is 338 g/mol. The van der Waals surface area contributed by atoms with Gasteiger partial charge < -0.3 is 4.74 Å². The van der Waals surface area contributed by atoms with E-state index in [2.05, 4.69) is 0 Å². The topological polar surface area (TPSA) is 46.2 Å². The maximum absolute atomic E-state index is 13.3. The largest absolute Gasteiger partial charge is 0.311 e. The second kappa shape index (κ2) is 7.06. The summed E-state index contributed by atoms with van der Waals surface area (Å²) in [5, 5.41) is 0. The normalized spacial score (nSPS) is 35.2. The Bertz CT molecular complexity index is 545. The van der Waals surface area contributed by atoms with E-state index in [-0.39, 0.29) is 11.7 Å². The number of ether oxygens (including phenoxy) is 1. The molecule has 3 atom stereocenters. The second-order valence-electron chi connectivity index (χ2n) is 6.84. The van der Waals surface area contributed by atoms with E-state index >= 15 is 0 Å². The predicted molar refractivity (Wildman–Crippen MR) is 81.5 cm³/mol. The molecule has 5 nitrogen and oxygen atoms in total. The molecule has 24 heavy (non-hydrogen) atoms.